The van der Waals surface area contributed by atoms with Crippen LogP contribution >= 0.6 is 23.4 Å². The molecule has 9 nitrogen and oxygen atoms in total. The molecule has 1 N–H and O–H groups in total. The number of rotatable bonds is 8. The van der Waals surface area contributed by atoms with Crippen molar-refractivity contribution in [2.24, 2.45) is 0 Å². The maximum atomic E-state index is 14.9. The number of nitrogens with one attached hydrogen (secondary N) is 1. The van der Waals surface area contributed by atoms with Crippen LogP contribution in [0.5, 0.6) is 11.5 Å². The number of H-pyrrole nitrogens is 1. The van der Waals surface area contributed by atoms with Crippen LogP contribution in [0.3, 0.4) is 0 Å². The van der Waals surface area contributed by atoms with Gasteiger partial charge < -0.3 is 23.8 Å². The van der Waals surface area contributed by atoms with Gasteiger partial charge in [-0.1, -0.05) is 35.5 Å². The summed E-state index contributed by atoms with van der Waals surface area (Å²) in [5.41, 5.74) is 4.44. The van der Waals surface area contributed by atoms with Crippen LogP contribution in [0.2, 0.25) is 5.02 Å². The number of hydrogen-bond acceptors (Lipinski definition) is 8. The fraction of sp³-hybridized carbons (Fsp3) is 0.382. The van der Waals surface area contributed by atoms with Crippen LogP contribution < -0.4 is 9.47 Å². The Hall–Kier alpha value is -3.64. The van der Waals surface area contributed by atoms with Crippen LogP contribution in [-0.2, 0) is 23.6 Å². The molecule has 8 rings (SSSR count). The van der Waals surface area contributed by atoms with E-state index in [9.17, 15) is 4.39 Å². The topological polar surface area (TPSA) is 90.3 Å². The molecule has 0 radical (unpaired) electrons. The van der Waals surface area contributed by atoms with Crippen molar-refractivity contribution in [2.45, 2.75) is 62.2 Å². The van der Waals surface area contributed by atoms with Crippen molar-refractivity contribution in [3.63, 3.8) is 0 Å². The molecule has 0 bridgehead atoms. The zero-order valence-electron chi connectivity index (χ0n) is 25.6. The van der Waals surface area contributed by atoms with E-state index in [2.05, 4.69) is 48.9 Å². The van der Waals surface area contributed by atoms with Gasteiger partial charge in [0.05, 0.1) is 35.8 Å². The molecule has 0 spiro atoms. The summed E-state index contributed by atoms with van der Waals surface area (Å²) in [5.74, 6) is 1.71. The third-order valence-electron chi connectivity index (χ3n) is 9.36. The average Bonchev–Trinajstić information content (AvgIpc) is 3.74. The fourth-order valence-corrected chi connectivity index (χ4v) is 7.27. The lowest BCUT2D eigenvalue weighted by molar-refractivity contribution is -0.0712. The van der Waals surface area contributed by atoms with E-state index >= 15 is 0 Å². The third kappa shape index (κ3) is 5.42. The standard InChI is InChI=1S/C34H34ClFN6O3S/c1-34(25-8-7-22(35)17-26(25)36)44-29-5-3-4-24(31(29)45-34)20-10-13-41(14-11-20)19-30-37-27-16-21(32-38-33(46-2)40-39-32)6-9-28(27)42(30)18-23-12-15-43-23/h3-9,16-17,20,23H,10-15,18-19H2,1-2H3,(H,38,39,40)/t23-,34?/m0/s1. The van der Waals surface area contributed by atoms with Crippen molar-refractivity contribution in [1.82, 2.24) is 29.6 Å². The molecule has 5 heterocycles. The highest BCUT2D eigenvalue weighted by Crippen LogP contribution is 2.50. The van der Waals surface area contributed by atoms with E-state index in [1.165, 1.54) is 17.8 Å². The van der Waals surface area contributed by atoms with Gasteiger partial charge >= 0.3 is 0 Å². The van der Waals surface area contributed by atoms with Gasteiger partial charge in [0.2, 0.25) is 0 Å². The highest BCUT2D eigenvalue weighted by Gasteiger charge is 2.43. The second-order valence-electron chi connectivity index (χ2n) is 12.3. The van der Waals surface area contributed by atoms with Crippen molar-refractivity contribution in [3.05, 3.63) is 82.4 Å². The summed E-state index contributed by atoms with van der Waals surface area (Å²) in [5, 5.41) is 9.63. The van der Waals surface area contributed by atoms with Crippen LogP contribution in [-0.4, -0.2) is 61.7 Å². The molecule has 46 heavy (non-hydrogen) atoms. The number of aromatic nitrogens is 5. The highest BCUT2D eigenvalue weighted by molar-refractivity contribution is 7.98. The molecule has 2 atom stereocenters. The molecule has 2 aromatic heterocycles. The quantitative estimate of drug-likeness (QED) is 0.176. The smallest absolute Gasteiger partial charge is 0.278 e. The number of fused-ring (bicyclic) bond motifs is 2. The lowest BCUT2D eigenvalue weighted by Gasteiger charge is -2.33. The number of imidazole rings is 1. The molecule has 0 saturated carbocycles. The lowest BCUT2D eigenvalue weighted by atomic mass is 9.88. The van der Waals surface area contributed by atoms with E-state index < -0.39 is 11.6 Å². The fourth-order valence-electron chi connectivity index (χ4n) is 6.79. The second kappa shape index (κ2) is 11.9. The first-order valence-electron chi connectivity index (χ1n) is 15.6. The number of benzene rings is 3. The van der Waals surface area contributed by atoms with E-state index in [0.29, 0.717) is 28.0 Å². The largest absolute Gasteiger partial charge is 0.444 e. The summed E-state index contributed by atoms with van der Waals surface area (Å²) in [7, 11) is 0. The molecule has 12 heteroatoms. The molecule has 0 amide bonds. The van der Waals surface area contributed by atoms with Gasteiger partial charge in [-0.15, -0.1) is 10.2 Å². The Morgan fingerprint density at radius 2 is 1.91 bits per heavy atom. The number of para-hydroxylation sites is 1. The first kappa shape index (κ1) is 29.7. The van der Waals surface area contributed by atoms with Crippen molar-refractivity contribution in [3.8, 4) is 22.9 Å². The van der Waals surface area contributed by atoms with Crippen LogP contribution in [0.4, 0.5) is 4.39 Å². The Morgan fingerprint density at radius 3 is 2.65 bits per heavy atom. The van der Waals surface area contributed by atoms with Crippen molar-refractivity contribution < 1.29 is 18.6 Å². The Morgan fingerprint density at radius 1 is 1.07 bits per heavy atom. The predicted octanol–water partition coefficient (Wildman–Crippen LogP) is 7.15. The third-order valence-corrected chi connectivity index (χ3v) is 10.2. The Bertz CT molecular complexity index is 1920. The number of halogens is 2. The van der Waals surface area contributed by atoms with E-state index in [-0.39, 0.29) is 6.10 Å². The van der Waals surface area contributed by atoms with Crippen LogP contribution in [0.15, 0.2) is 59.8 Å². The number of nitrogens with zero attached hydrogens (tertiary/aromatic N) is 5. The van der Waals surface area contributed by atoms with Gasteiger partial charge in [-0.2, -0.15) is 0 Å². The van der Waals surface area contributed by atoms with E-state index in [0.717, 1.165) is 91.0 Å². The molecule has 5 aromatic rings. The van der Waals surface area contributed by atoms with Gasteiger partial charge in [0.15, 0.2) is 22.5 Å². The first-order chi connectivity index (χ1) is 22.4. The second-order valence-corrected chi connectivity index (χ2v) is 13.5. The molecule has 3 aliphatic rings. The van der Waals surface area contributed by atoms with Crippen molar-refractivity contribution in [1.29, 1.82) is 0 Å². The normalized spacial score (nSPS) is 21.6. The van der Waals surface area contributed by atoms with Crippen LogP contribution in [0.25, 0.3) is 22.4 Å². The molecular weight excluding hydrogens is 627 g/mol. The number of piperidine rings is 1. The summed E-state index contributed by atoms with van der Waals surface area (Å²) in [6.45, 7) is 5.95. The minimum Gasteiger partial charge on any atom is -0.444 e. The van der Waals surface area contributed by atoms with Gasteiger partial charge in [-0.3, -0.25) is 4.90 Å². The molecule has 2 saturated heterocycles. The monoisotopic (exact) mass is 660 g/mol. The maximum absolute atomic E-state index is 14.9. The Labute approximate surface area is 275 Å². The summed E-state index contributed by atoms with van der Waals surface area (Å²) in [4.78, 5) is 10.9. The summed E-state index contributed by atoms with van der Waals surface area (Å²) >= 11 is 7.53. The maximum Gasteiger partial charge on any atom is 0.278 e. The van der Waals surface area contributed by atoms with Gasteiger partial charge in [0, 0.05) is 29.7 Å². The van der Waals surface area contributed by atoms with E-state index in [1.807, 2.05) is 18.4 Å². The van der Waals surface area contributed by atoms with Gasteiger partial charge in [0.1, 0.15) is 11.6 Å². The Balaban J connectivity index is 0.997. The van der Waals surface area contributed by atoms with Crippen LogP contribution in [0.1, 0.15) is 49.1 Å². The van der Waals surface area contributed by atoms with Gasteiger partial charge in [-0.25, -0.2) is 9.37 Å². The highest BCUT2D eigenvalue weighted by atomic mass is 35.5. The number of aromatic amines is 1. The number of hydrogen-bond donors (Lipinski definition) is 1. The molecule has 238 valence electrons. The zero-order chi connectivity index (χ0) is 31.4. The summed E-state index contributed by atoms with van der Waals surface area (Å²) in [6.07, 6.45) is 5.18. The summed E-state index contributed by atoms with van der Waals surface area (Å²) < 4.78 is 35.7. The van der Waals surface area contributed by atoms with E-state index in [1.54, 1.807) is 19.1 Å². The van der Waals surface area contributed by atoms with Gasteiger partial charge in [-0.05, 0) is 87.0 Å². The van der Waals surface area contributed by atoms with E-state index in [4.69, 9.17) is 30.8 Å². The molecule has 1 unspecified atom stereocenters. The SMILES string of the molecule is CSc1nnc(-c2ccc3c(c2)nc(CN2CCC(c4cccc5c4OC(C)(c4ccc(Cl)cc4F)O5)CC2)n3C[C@@H]2CCO2)[nH]1. The molecule has 0 aliphatic carbocycles. The Kier molecular flexibility index (Phi) is 7.67. The van der Waals surface area contributed by atoms with Crippen molar-refractivity contribution in [2.75, 3.05) is 26.0 Å². The number of ether oxygens (including phenoxy) is 3. The number of likely N-dealkylation sites (tertiary alicyclic amines) is 1. The molecule has 3 aromatic carbocycles. The molecule has 2 fully saturated rings. The van der Waals surface area contributed by atoms with Gasteiger partial charge in [0.25, 0.3) is 5.79 Å². The van der Waals surface area contributed by atoms with Crippen molar-refractivity contribution >= 4 is 34.4 Å². The van der Waals surface area contributed by atoms with Crippen LogP contribution in [0, 0.1) is 5.82 Å². The lowest BCUT2D eigenvalue weighted by Crippen LogP contribution is -2.35. The first-order valence-corrected chi connectivity index (χ1v) is 17.2. The summed E-state index contributed by atoms with van der Waals surface area (Å²) in [6, 6.07) is 16.9. The molecular formula is C34H34ClFN6O3S. The number of thioether (sulfide) groups is 1. The minimum atomic E-state index is -1.26. The predicted molar refractivity (Wildman–Crippen MR) is 175 cm³/mol. The zero-order valence-corrected chi connectivity index (χ0v) is 27.2. The average molecular weight is 661 g/mol. The molecule has 3 aliphatic heterocycles. The minimum absolute atomic E-state index is 0.217.